The Labute approximate surface area is 207 Å². The maximum atomic E-state index is 15.4. The van der Waals surface area contributed by atoms with E-state index >= 15 is 4.39 Å². The van der Waals surface area contributed by atoms with E-state index in [9.17, 15) is 17.2 Å². The van der Waals surface area contributed by atoms with Gasteiger partial charge in [0.2, 0.25) is 5.95 Å². The third-order valence-electron chi connectivity index (χ3n) is 5.20. The molecule has 3 heterocycles. The molecule has 0 radical (unpaired) electrons. The first-order valence-corrected chi connectivity index (χ1v) is 11.9. The van der Waals surface area contributed by atoms with Gasteiger partial charge >= 0.3 is 0 Å². The molecule has 0 bridgehead atoms. The van der Waals surface area contributed by atoms with Crippen LogP contribution in [0.25, 0.3) is 33.7 Å². The molecule has 14 heteroatoms. The summed E-state index contributed by atoms with van der Waals surface area (Å²) in [5.41, 5.74) is 12.1. The third-order valence-corrected chi connectivity index (χ3v) is 6.58. The maximum absolute atomic E-state index is 15.4. The fourth-order valence-electron chi connectivity index (χ4n) is 3.46. The molecule has 0 fully saturated rings. The number of fused-ring (bicyclic) bond motifs is 1. The van der Waals surface area contributed by atoms with Crippen molar-refractivity contribution in [3.63, 3.8) is 0 Å². The van der Waals surface area contributed by atoms with Gasteiger partial charge in [0.15, 0.2) is 17.5 Å². The number of nitrogens with one attached hydrogen (secondary N) is 1. The predicted molar refractivity (Wildman–Crippen MR) is 130 cm³/mol. The fourth-order valence-corrected chi connectivity index (χ4v) is 4.61. The summed E-state index contributed by atoms with van der Waals surface area (Å²) in [4.78, 5) is 19.8. The molecule has 0 atom stereocenters. The average Bonchev–Trinajstić information content (AvgIpc) is 2.87. The lowest BCUT2D eigenvalue weighted by Gasteiger charge is -2.12. The molecule has 0 amide bonds. The van der Waals surface area contributed by atoms with E-state index in [4.69, 9.17) is 11.5 Å². The number of hydrogen-bond donors (Lipinski definition) is 3. The highest BCUT2D eigenvalue weighted by atomic mass is 32.2. The molecular formula is C23H15F3N8O2S. The van der Waals surface area contributed by atoms with Crippen LogP contribution in [-0.2, 0) is 10.0 Å². The Bertz CT molecular complexity index is 1780. The Morgan fingerprint density at radius 2 is 1.62 bits per heavy atom. The molecule has 0 aliphatic heterocycles. The van der Waals surface area contributed by atoms with Gasteiger partial charge in [0, 0.05) is 18.0 Å². The number of nitrogen functional groups attached to an aromatic ring is 2. The van der Waals surface area contributed by atoms with E-state index in [0.29, 0.717) is 23.2 Å². The molecule has 5 N–H and O–H groups in total. The second-order valence-electron chi connectivity index (χ2n) is 7.67. The predicted octanol–water partition coefficient (Wildman–Crippen LogP) is 3.53. The second-order valence-corrected chi connectivity index (χ2v) is 9.32. The van der Waals surface area contributed by atoms with Gasteiger partial charge in [-0.3, -0.25) is 4.72 Å². The molecule has 3 aromatic heterocycles. The molecular weight excluding hydrogens is 509 g/mol. The molecule has 0 spiro atoms. The number of pyridine rings is 1. The molecule has 186 valence electrons. The smallest absolute Gasteiger partial charge is 0.265 e. The van der Waals surface area contributed by atoms with Crippen LogP contribution in [0.15, 0.2) is 65.8 Å². The zero-order valence-electron chi connectivity index (χ0n) is 18.5. The lowest BCUT2D eigenvalue weighted by Crippen LogP contribution is -2.16. The minimum absolute atomic E-state index is 0.00230. The molecule has 5 rings (SSSR count). The Hall–Kier alpha value is -4.85. The molecule has 2 aromatic carbocycles. The van der Waals surface area contributed by atoms with Crippen LogP contribution in [0.2, 0.25) is 0 Å². The molecule has 0 saturated heterocycles. The number of aromatic nitrogens is 5. The van der Waals surface area contributed by atoms with Crippen molar-refractivity contribution in [3.8, 4) is 22.6 Å². The number of sulfonamides is 1. The van der Waals surface area contributed by atoms with E-state index in [0.717, 1.165) is 12.1 Å². The van der Waals surface area contributed by atoms with Crippen LogP contribution in [0, 0.1) is 17.5 Å². The van der Waals surface area contributed by atoms with Crippen molar-refractivity contribution in [1.29, 1.82) is 0 Å². The van der Waals surface area contributed by atoms with Crippen LogP contribution in [0.4, 0.5) is 30.6 Å². The van der Waals surface area contributed by atoms with Crippen LogP contribution < -0.4 is 16.2 Å². The van der Waals surface area contributed by atoms with Gasteiger partial charge in [0.25, 0.3) is 10.0 Å². The number of nitrogens with two attached hydrogens (primary N) is 2. The Morgan fingerprint density at radius 1 is 0.865 bits per heavy atom. The Kier molecular flexibility index (Phi) is 5.79. The van der Waals surface area contributed by atoms with Crippen molar-refractivity contribution < 1.29 is 21.6 Å². The molecule has 0 saturated carbocycles. The lowest BCUT2D eigenvalue weighted by atomic mass is 10.1. The van der Waals surface area contributed by atoms with Gasteiger partial charge in [-0.1, -0.05) is 6.07 Å². The highest BCUT2D eigenvalue weighted by Gasteiger charge is 2.23. The summed E-state index contributed by atoms with van der Waals surface area (Å²) >= 11 is 0. The topological polar surface area (TPSA) is 163 Å². The minimum atomic E-state index is -4.65. The zero-order valence-corrected chi connectivity index (χ0v) is 19.3. The van der Waals surface area contributed by atoms with Crippen LogP contribution >= 0.6 is 0 Å². The summed E-state index contributed by atoms with van der Waals surface area (Å²) in [6.07, 6.45) is 2.87. The van der Waals surface area contributed by atoms with Gasteiger partial charge in [0.1, 0.15) is 22.0 Å². The summed E-state index contributed by atoms with van der Waals surface area (Å²) in [6.45, 7) is 0. The monoisotopic (exact) mass is 524 g/mol. The second kappa shape index (κ2) is 8.98. The van der Waals surface area contributed by atoms with E-state index in [2.05, 4.69) is 24.9 Å². The van der Waals surface area contributed by atoms with Crippen molar-refractivity contribution in [2.24, 2.45) is 0 Å². The Balaban J connectivity index is 1.52. The average molecular weight is 524 g/mol. The first-order valence-electron chi connectivity index (χ1n) is 10.4. The van der Waals surface area contributed by atoms with Crippen LogP contribution in [0.3, 0.4) is 0 Å². The summed E-state index contributed by atoms with van der Waals surface area (Å²) in [5, 5.41) is 0. The van der Waals surface area contributed by atoms with Crippen molar-refractivity contribution in [2.75, 3.05) is 16.2 Å². The summed E-state index contributed by atoms with van der Waals surface area (Å²) in [6, 6.07) is 8.79. The number of nitrogens with zero attached hydrogens (tertiary/aromatic N) is 5. The molecule has 37 heavy (non-hydrogen) atoms. The molecule has 0 aliphatic rings. The van der Waals surface area contributed by atoms with Gasteiger partial charge in [-0.05, 0) is 42.5 Å². The number of rotatable bonds is 5. The quantitative estimate of drug-likeness (QED) is 0.312. The van der Waals surface area contributed by atoms with E-state index in [1.54, 1.807) is 0 Å². The van der Waals surface area contributed by atoms with Crippen LogP contribution in [-0.4, -0.2) is 33.3 Å². The summed E-state index contributed by atoms with van der Waals surface area (Å²) in [7, 11) is -4.65. The van der Waals surface area contributed by atoms with Gasteiger partial charge in [-0.2, -0.15) is 0 Å². The Morgan fingerprint density at radius 3 is 2.38 bits per heavy atom. The molecule has 10 nitrogen and oxygen atoms in total. The summed E-state index contributed by atoms with van der Waals surface area (Å²) in [5.74, 6) is -2.85. The summed E-state index contributed by atoms with van der Waals surface area (Å²) < 4.78 is 70.1. The van der Waals surface area contributed by atoms with Crippen molar-refractivity contribution in [1.82, 2.24) is 24.9 Å². The van der Waals surface area contributed by atoms with Gasteiger partial charge in [-0.15, -0.1) is 0 Å². The number of anilines is 3. The molecule has 5 aromatic rings. The van der Waals surface area contributed by atoms with Crippen molar-refractivity contribution in [3.05, 3.63) is 78.4 Å². The maximum Gasteiger partial charge on any atom is 0.265 e. The van der Waals surface area contributed by atoms with E-state index in [-0.39, 0.29) is 34.4 Å². The fraction of sp³-hybridized carbons (Fsp3) is 0. The first-order chi connectivity index (χ1) is 17.6. The van der Waals surface area contributed by atoms with E-state index in [1.165, 1.54) is 36.7 Å². The number of halogens is 3. The van der Waals surface area contributed by atoms with Gasteiger partial charge in [-0.25, -0.2) is 46.5 Å². The molecule has 0 unspecified atom stereocenters. The third kappa shape index (κ3) is 4.56. The van der Waals surface area contributed by atoms with Gasteiger partial charge in [0.05, 0.1) is 22.5 Å². The van der Waals surface area contributed by atoms with E-state index < -0.39 is 38.1 Å². The van der Waals surface area contributed by atoms with Crippen molar-refractivity contribution in [2.45, 2.75) is 4.90 Å². The molecule has 0 aliphatic carbocycles. The van der Waals surface area contributed by atoms with Crippen molar-refractivity contribution >= 4 is 38.5 Å². The SMILES string of the molecule is Nc1ncc(-c2nc(N)c3nc(-c4cccc(NS(=O)(=O)c5cc(F)ccc5F)c4F)ccc3n2)cn1. The lowest BCUT2D eigenvalue weighted by molar-refractivity contribution is 0.555. The normalized spacial score (nSPS) is 11.5. The first kappa shape index (κ1) is 23.9. The van der Waals surface area contributed by atoms with Crippen LogP contribution in [0.1, 0.15) is 0 Å². The van der Waals surface area contributed by atoms with Gasteiger partial charge < -0.3 is 11.5 Å². The zero-order chi connectivity index (χ0) is 26.3. The highest BCUT2D eigenvalue weighted by molar-refractivity contribution is 7.92. The van der Waals surface area contributed by atoms with Crippen LogP contribution in [0.5, 0.6) is 0 Å². The largest absolute Gasteiger partial charge is 0.382 e. The highest BCUT2D eigenvalue weighted by Crippen LogP contribution is 2.31. The number of benzene rings is 2. The standard InChI is InChI=1S/C23H15F3N8O2S/c24-12-4-5-14(25)18(8-12)37(35,36)34-16-3-1-2-13(19(16)26)15-6-7-17-20(31-15)21(27)33-22(32-17)11-9-29-23(28)30-10-11/h1-10,34H,(H2,27,32,33)(H2,28,29,30). The number of hydrogen-bond acceptors (Lipinski definition) is 9. The minimum Gasteiger partial charge on any atom is -0.382 e. The van der Waals surface area contributed by atoms with E-state index in [1.807, 2.05) is 4.72 Å².